The molecule has 20 heavy (non-hydrogen) atoms. The molecule has 0 saturated heterocycles. The second-order valence-electron chi connectivity index (χ2n) is 5.44. The Bertz CT molecular complexity index is 436. The van der Waals surface area contributed by atoms with Crippen molar-refractivity contribution in [3.63, 3.8) is 0 Å². The number of hydrogen-bond donors (Lipinski definition) is 0. The number of hydrogen-bond acceptors (Lipinski definition) is 2. The van der Waals surface area contributed by atoms with Gasteiger partial charge in [0, 0.05) is 11.8 Å². The second-order valence-corrected chi connectivity index (χ2v) is 5.44. The Morgan fingerprint density at radius 1 is 1.15 bits per heavy atom. The number of benzene rings is 1. The zero-order valence-corrected chi connectivity index (χ0v) is 13.2. The second kappa shape index (κ2) is 8.01. The molecule has 0 aliphatic rings. The van der Waals surface area contributed by atoms with E-state index >= 15 is 0 Å². The van der Waals surface area contributed by atoms with Gasteiger partial charge in [-0.1, -0.05) is 56.3 Å². The normalized spacial score (nSPS) is 17.6. The lowest BCUT2D eigenvalue weighted by Crippen LogP contribution is -2.33. The van der Waals surface area contributed by atoms with Crippen molar-refractivity contribution in [2.75, 3.05) is 0 Å². The van der Waals surface area contributed by atoms with Crippen LogP contribution in [0.4, 0.5) is 0 Å². The first-order valence-electron chi connectivity index (χ1n) is 7.31. The molecule has 0 aliphatic carbocycles. The highest BCUT2D eigenvalue weighted by Gasteiger charge is 2.28. The van der Waals surface area contributed by atoms with Crippen LogP contribution in [0.1, 0.15) is 46.3 Å². The van der Waals surface area contributed by atoms with Crippen molar-refractivity contribution in [1.29, 1.82) is 0 Å². The van der Waals surface area contributed by atoms with Crippen LogP contribution in [-0.2, 0) is 9.53 Å². The van der Waals surface area contributed by atoms with E-state index in [9.17, 15) is 4.79 Å². The molecular weight excluding hydrogens is 248 g/mol. The molecule has 0 aromatic heterocycles. The summed E-state index contributed by atoms with van der Waals surface area (Å²) < 4.78 is 6.20. The largest absolute Gasteiger partial charge is 0.369 e. The van der Waals surface area contributed by atoms with Crippen LogP contribution in [-0.4, -0.2) is 11.9 Å². The van der Waals surface area contributed by atoms with Crippen LogP contribution >= 0.6 is 0 Å². The summed E-state index contributed by atoms with van der Waals surface area (Å²) in [5, 5.41) is 0. The molecule has 110 valence electrons. The van der Waals surface area contributed by atoms with Crippen molar-refractivity contribution in [1.82, 2.24) is 0 Å². The van der Waals surface area contributed by atoms with Gasteiger partial charge in [-0.25, -0.2) is 0 Å². The monoisotopic (exact) mass is 274 g/mol. The topological polar surface area (TPSA) is 26.3 Å². The molecule has 0 radical (unpaired) electrons. The highest BCUT2D eigenvalue weighted by atomic mass is 16.5. The van der Waals surface area contributed by atoms with Gasteiger partial charge in [-0.15, -0.1) is 0 Å². The predicted octanol–water partition coefficient (Wildman–Crippen LogP) is 4.57. The molecule has 0 heterocycles. The van der Waals surface area contributed by atoms with E-state index in [2.05, 4.69) is 25.1 Å². The Kier molecular flexibility index (Phi) is 6.66. The van der Waals surface area contributed by atoms with Gasteiger partial charge in [-0.2, -0.15) is 0 Å². The van der Waals surface area contributed by atoms with E-state index in [1.165, 1.54) is 0 Å². The van der Waals surface area contributed by atoms with E-state index in [-0.39, 0.29) is 29.8 Å². The van der Waals surface area contributed by atoms with Gasteiger partial charge in [-0.05, 0) is 26.3 Å². The summed E-state index contributed by atoms with van der Waals surface area (Å²) in [6.45, 7) is 9.72. The summed E-state index contributed by atoms with van der Waals surface area (Å²) in [6, 6.07) is 10.1. The lowest BCUT2D eigenvalue weighted by molar-refractivity contribution is -0.129. The third-order valence-corrected chi connectivity index (χ3v) is 3.78. The number of rotatable bonds is 7. The molecule has 0 unspecified atom stereocenters. The van der Waals surface area contributed by atoms with E-state index in [1.54, 1.807) is 6.92 Å². The van der Waals surface area contributed by atoms with E-state index in [0.717, 1.165) is 5.56 Å². The minimum absolute atomic E-state index is 0.0179. The number of Topliss-reactive ketones (excluding diaryl/α,β-unsaturated/α-hetero) is 1. The Labute approximate surface area is 122 Å². The zero-order valence-electron chi connectivity index (χ0n) is 13.2. The van der Waals surface area contributed by atoms with Gasteiger partial charge < -0.3 is 4.74 Å². The SMILES string of the molecule is C/C=C\[C@@H](C)[C@@H](O[C@@H](C)c1ccccc1)[C@@H](C)C(C)=O. The van der Waals surface area contributed by atoms with E-state index in [0.29, 0.717) is 0 Å². The number of ketones is 1. The van der Waals surface area contributed by atoms with Crippen LogP contribution in [0.3, 0.4) is 0 Å². The van der Waals surface area contributed by atoms with Crippen LogP contribution in [0.2, 0.25) is 0 Å². The van der Waals surface area contributed by atoms with Gasteiger partial charge in [0.25, 0.3) is 0 Å². The van der Waals surface area contributed by atoms with Crippen molar-refractivity contribution in [3.8, 4) is 0 Å². The van der Waals surface area contributed by atoms with Crippen LogP contribution in [0, 0.1) is 11.8 Å². The summed E-state index contributed by atoms with van der Waals surface area (Å²) in [5.41, 5.74) is 1.14. The van der Waals surface area contributed by atoms with Crippen molar-refractivity contribution in [2.24, 2.45) is 11.8 Å². The standard InChI is InChI=1S/C18H26O2/c1-6-10-13(2)18(14(3)15(4)19)20-16(5)17-11-8-7-9-12-17/h6-14,16,18H,1-5H3/b10-6-/t13-,14+,16+,18-/m1/s1. The third kappa shape index (κ3) is 4.61. The quantitative estimate of drug-likeness (QED) is 0.681. The van der Waals surface area contributed by atoms with Crippen molar-refractivity contribution >= 4 is 5.78 Å². The van der Waals surface area contributed by atoms with E-state index < -0.39 is 0 Å². The number of ether oxygens (including phenoxy) is 1. The van der Waals surface area contributed by atoms with Crippen molar-refractivity contribution < 1.29 is 9.53 Å². The molecule has 0 amide bonds. The highest BCUT2D eigenvalue weighted by molar-refractivity contribution is 5.78. The molecule has 0 fully saturated rings. The maximum absolute atomic E-state index is 11.7. The average molecular weight is 274 g/mol. The maximum atomic E-state index is 11.7. The Morgan fingerprint density at radius 2 is 1.75 bits per heavy atom. The zero-order chi connectivity index (χ0) is 15.1. The lowest BCUT2D eigenvalue weighted by atomic mass is 9.90. The van der Waals surface area contributed by atoms with Gasteiger partial charge >= 0.3 is 0 Å². The highest BCUT2D eigenvalue weighted by Crippen LogP contribution is 2.26. The molecule has 0 saturated carbocycles. The predicted molar refractivity (Wildman–Crippen MR) is 83.6 cm³/mol. The maximum Gasteiger partial charge on any atom is 0.135 e. The van der Waals surface area contributed by atoms with Crippen molar-refractivity contribution in [3.05, 3.63) is 48.0 Å². The first-order chi connectivity index (χ1) is 9.47. The third-order valence-electron chi connectivity index (χ3n) is 3.78. The fraction of sp³-hybridized carbons (Fsp3) is 0.500. The minimum atomic E-state index is -0.104. The molecule has 4 atom stereocenters. The molecule has 0 aliphatic heterocycles. The molecule has 0 bridgehead atoms. The van der Waals surface area contributed by atoms with Crippen LogP contribution in [0.15, 0.2) is 42.5 Å². The molecule has 1 aromatic carbocycles. The summed E-state index contributed by atoms with van der Waals surface area (Å²) in [5.74, 6) is 0.282. The number of carbonyl (C=O) groups is 1. The minimum Gasteiger partial charge on any atom is -0.369 e. The molecule has 0 N–H and O–H groups in total. The summed E-state index contributed by atoms with van der Waals surface area (Å²) in [6.07, 6.45) is 4.00. The van der Waals surface area contributed by atoms with Gasteiger partial charge in [-0.3, -0.25) is 4.79 Å². The Morgan fingerprint density at radius 3 is 2.25 bits per heavy atom. The molecule has 0 spiro atoms. The summed E-state index contributed by atoms with van der Waals surface area (Å²) in [4.78, 5) is 11.7. The number of allylic oxidation sites excluding steroid dienone is 1. The van der Waals surface area contributed by atoms with Gasteiger partial charge in [0.05, 0.1) is 12.2 Å². The van der Waals surface area contributed by atoms with E-state index in [4.69, 9.17) is 4.74 Å². The van der Waals surface area contributed by atoms with Gasteiger partial charge in [0.15, 0.2) is 0 Å². The fourth-order valence-electron chi connectivity index (χ4n) is 2.38. The molecule has 1 rings (SSSR count). The van der Waals surface area contributed by atoms with Gasteiger partial charge in [0.1, 0.15) is 5.78 Å². The Balaban J connectivity index is 2.86. The van der Waals surface area contributed by atoms with E-state index in [1.807, 2.05) is 45.0 Å². The molecule has 2 nitrogen and oxygen atoms in total. The Hall–Kier alpha value is -1.41. The molecule has 1 aromatic rings. The lowest BCUT2D eigenvalue weighted by Gasteiger charge is -2.30. The first kappa shape index (κ1) is 16.6. The molecular formula is C18H26O2. The van der Waals surface area contributed by atoms with Crippen molar-refractivity contribution in [2.45, 2.75) is 46.8 Å². The number of carbonyl (C=O) groups excluding carboxylic acids is 1. The smallest absolute Gasteiger partial charge is 0.135 e. The fourth-order valence-corrected chi connectivity index (χ4v) is 2.38. The van der Waals surface area contributed by atoms with Crippen LogP contribution in [0.25, 0.3) is 0 Å². The van der Waals surface area contributed by atoms with Gasteiger partial charge in [0.2, 0.25) is 0 Å². The summed E-state index contributed by atoms with van der Waals surface area (Å²) in [7, 11) is 0. The van der Waals surface area contributed by atoms with Crippen LogP contribution in [0.5, 0.6) is 0 Å². The van der Waals surface area contributed by atoms with Crippen LogP contribution < -0.4 is 0 Å². The summed E-state index contributed by atoms with van der Waals surface area (Å²) >= 11 is 0. The first-order valence-corrected chi connectivity index (χ1v) is 7.31. The average Bonchev–Trinajstić information content (AvgIpc) is 2.44. The molecule has 2 heteroatoms.